The van der Waals surface area contributed by atoms with E-state index >= 15 is 0 Å². The summed E-state index contributed by atoms with van der Waals surface area (Å²) < 4.78 is 12.4. The summed E-state index contributed by atoms with van der Waals surface area (Å²) in [6.07, 6.45) is 5.35. The van der Waals surface area contributed by atoms with Gasteiger partial charge < -0.3 is 14.6 Å². The molecule has 0 aromatic heterocycles. The molecular weight excluding hydrogens is 324 g/mol. The molecule has 1 atom stereocenters. The lowest BCUT2D eigenvalue weighted by Gasteiger charge is -2.46. The second-order valence-electron chi connectivity index (χ2n) is 5.56. The predicted molar refractivity (Wildman–Crippen MR) is 77.3 cm³/mol. The molecule has 1 spiro atoms. The van der Waals surface area contributed by atoms with Crippen molar-refractivity contribution >= 4 is 21.9 Å². The first-order chi connectivity index (χ1) is 9.58. The quantitative estimate of drug-likeness (QED) is 0.912. The van der Waals surface area contributed by atoms with Gasteiger partial charge in [0.25, 0.3) is 0 Å². The largest absolute Gasteiger partial charge is 0.490 e. The van der Waals surface area contributed by atoms with Gasteiger partial charge in [-0.25, -0.2) is 4.79 Å². The average Bonchev–Trinajstić information content (AvgIpc) is 2.39. The summed E-state index contributed by atoms with van der Waals surface area (Å²) in [5.41, 5.74) is 0.265. The van der Waals surface area contributed by atoms with E-state index < -0.39 is 5.97 Å². The second kappa shape index (κ2) is 5.37. The number of benzene rings is 1. The molecule has 0 radical (unpaired) electrons. The Balaban J connectivity index is 1.71. The highest BCUT2D eigenvalue weighted by atomic mass is 79.9. The minimum Gasteiger partial charge on any atom is -0.490 e. The predicted octanol–water partition coefficient (Wildman–Crippen LogP) is 3.63. The molecule has 0 bridgehead atoms. The standard InChI is InChI=1S/C15H17BrO4/c16-13-3-2-10(8-12(13)14(17)18)20-11-4-7-19-15(9-11)5-1-6-15/h2-3,8,11H,1,4-7,9H2,(H,17,18). The zero-order valence-corrected chi connectivity index (χ0v) is 12.7. The molecule has 1 aromatic rings. The fraction of sp³-hybridized carbons (Fsp3) is 0.533. The van der Waals surface area contributed by atoms with Crippen LogP contribution in [-0.4, -0.2) is 29.4 Å². The first-order valence-corrected chi connectivity index (χ1v) is 7.71. The van der Waals surface area contributed by atoms with Crippen molar-refractivity contribution in [3.63, 3.8) is 0 Å². The van der Waals surface area contributed by atoms with Gasteiger partial charge in [0.05, 0.1) is 17.8 Å². The normalized spacial score (nSPS) is 24.1. The van der Waals surface area contributed by atoms with E-state index in [1.54, 1.807) is 18.2 Å². The fourth-order valence-electron chi connectivity index (χ4n) is 2.94. The van der Waals surface area contributed by atoms with Gasteiger partial charge in [-0.1, -0.05) is 0 Å². The van der Waals surface area contributed by atoms with E-state index in [2.05, 4.69) is 15.9 Å². The van der Waals surface area contributed by atoms with Crippen molar-refractivity contribution in [2.24, 2.45) is 0 Å². The number of rotatable bonds is 3. The number of carboxylic acids is 1. The maximum Gasteiger partial charge on any atom is 0.336 e. The van der Waals surface area contributed by atoms with Crippen LogP contribution in [0.1, 0.15) is 42.5 Å². The molecule has 0 amide bonds. The molecule has 4 nitrogen and oxygen atoms in total. The van der Waals surface area contributed by atoms with Crippen molar-refractivity contribution in [3.8, 4) is 5.75 Å². The minimum atomic E-state index is -0.954. The van der Waals surface area contributed by atoms with Crippen molar-refractivity contribution < 1.29 is 19.4 Å². The van der Waals surface area contributed by atoms with Gasteiger partial charge in [0.15, 0.2) is 0 Å². The number of carboxylic acid groups (broad SMARTS) is 1. The Hall–Kier alpha value is -1.07. The molecule has 2 fully saturated rings. The van der Waals surface area contributed by atoms with Crippen LogP contribution in [0.2, 0.25) is 0 Å². The zero-order chi connectivity index (χ0) is 14.2. The molecule has 1 heterocycles. The highest BCUT2D eigenvalue weighted by Gasteiger charge is 2.43. The maximum atomic E-state index is 11.1. The van der Waals surface area contributed by atoms with Gasteiger partial charge in [-0.3, -0.25) is 0 Å². The molecule has 108 valence electrons. The van der Waals surface area contributed by atoms with Crippen LogP contribution < -0.4 is 4.74 Å². The second-order valence-corrected chi connectivity index (χ2v) is 6.42. The third-order valence-corrected chi connectivity index (χ3v) is 4.88. The Morgan fingerprint density at radius 1 is 1.45 bits per heavy atom. The van der Waals surface area contributed by atoms with E-state index in [4.69, 9.17) is 14.6 Å². The summed E-state index contributed by atoms with van der Waals surface area (Å²) in [7, 11) is 0. The number of carbonyl (C=O) groups is 1. The molecule has 1 aromatic carbocycles. The van der Waals surface area contributed by atoms with Gasteiger partial charge in [-0.05, 0) is 53.4 Å². The van der Waals surface area contributed by atoms with Crippen LogP contribution in [0.15, 0.2) is 22.7 Å². The molecule has 1 N–H and O–H groups in total. The van der Waals surface area contributed by atoms with Gasteiger partial charge in [0.1, 0.15) is 11.9 Å². The first-order valence-electron chi connectivity index (χ1n) is 6.91. The third-order valence-electron chi connectivity index (χ3n) is 4.18. The Bertz CT molecular complexity index is 525. The molecule has 3 rings (SSSR count). The molecule has 1 saturated heterocycles. The molecule has 1 saturated carbocycles. The molecule has 20 heavy (non-hydrogen) atoms. The smallest absolute Gasteiger partial charge is 0.336 e. The average molecular weight is 341 g/mol. The van der Waals surface area contributed by atoms with E-state index in [1.807, 2.05) is 0 Å². The number of aromatic carboxylic acids is 1. The monoisotopic (exact) mass is 340 g/mol. The molecule has 5 heteroatoms. The number of halogens is 1. The van der Waals surface area contributed by atoms with Crippen molar-refractivity contribution in [2.75, 3.05) is 6.61 Å². The number of ether oxygens (including phenoxy) is 2. The molecule has 1 aliphatic heterocycles. The summed E-state index contributed by atoms with van der Waals surface area (Å²) >= 11 is 3.24. The number of hydrogen-bond donors (Lipinski definition) is 1. The zero-order valence-electron chi connectivity index (χ0n) is 11.1. The lowest BCUT2D eigenvalue weighted by molar-refractivity contribution is -0.153. The topological polar surface area (TPSA) is 55.8 Å². The van der Waals surface area contributed by atoms with Crippen molar-refractivity contribution in [2.45, 2.75) is 43.8 Å². The summed E-state index contributed by atoms with van der Waals surface area (Å²) in [4.78, 5) is 11.1. The van der Waals surface area contributed by atoms with E-state index in [-0.39, 0.29) is 17.3 Å². The van der Waals surface area contributed by atoms with E-state index in [0.717, 1.165) is 32.3 Å². The molecular formula is C15H17BrO4. The van der Waals surface area contributed by atoms with Crippen LogP contribution in [0.25, 0.3) is 0 Å². The SMILES string of the molecule is O=C(O)c1cc(OC2CCOC3(CCC3)C2)ccc1Br. The first kappa shape index (κ1) is 13.9. The summed E-state index contributed by atoms with van der Waals surface area (Å²) in [5.74, 6) is -0.336. The van der Waals surface area contributed by atoms with Gasteiger partial charge in [0.2, 0.25) is 0 Å². The van der Waals surface area contributed by atoms with Gasteiger partial charge >= 0.3 is 5.97 Å². The lowest BCUT2D eigenvalue weighted by Crippen LogP contribution is -2.48. The van der Waals surface area contributed by atoms with Crippen LogP contribution in [0.3, 0.4) is 0 Å². The van der Waals surface area contributed by atoms with E-state index in [9.17, 15) is 4.79 Å². The minimum absolute atomic E-state index is 0.0356. The Kier molecular flexibility index (Phi) is 3.73. The molecule has 1 unspecified atom stereocenters. The highest BCUT2D eigenvalue weighted by Crippen LogP contribution is 2.43. The van der Waals surface area contributed by atoms with Crippen LogP contribution in [0.4, 0.5) is 0 Å². The Morgan fingerprint density at radius 3 is 2.90 bits per heavy atom. The summed E-state index contributed by atoms with van der Waals surface area (Å²) in [6.45, 7) is 0.729. The van der Waals surface area contributed by atoms with Crippen molar-refractivity contribution in [1.82, 2.24) is 0 Å². The van der Waals surface area contributed by atoms with Crippen molar-refractivity contribution in [1.29, 1.82) is 0 Å². The van der Waals surface area contributed by atoms with Crippen molar-refractivity contribution in [3.05, 3.63) is 28.2 Å². The number of hydrogen-bond acceptors (Lipinski definition) is 3. The van der Waals surface area contributed by atoms with E-state index in [0.29, 0.717) is 10.2 Å². The van der Waals surface area contributed by atoms with Gasteiger partial charge in [-0.15, -0.1) is 0 Å². The third kappa shape index (κ3) is 2.69. The Labute approximate surface area is 126 Å². The summed E-state index contributed by atoms with van der Waals surface area (Å²) in [5, 5.41) is 9.12. The van der Waals surface area contributed by atoms with Crippen LogP contribution in [0.5, 0.6) is 5.75 Å². The summed E-state index contributed by atoms with van der Waals surface area (Å²) in [6, 6.07) is 5.10. The Morgan fingerprint density at radius 2 is 2.25 bits per heavy atom. The fourth-order valence-corrected chi connectivity index (χ4v) is 3.35. The van der Waals surface area contributed by atoms with Gasteiger partial charge in [-0.2, -0.15) is 0 Å². The van der Waals surface area contributed by atoms with Crippen LogP contribution >= 0.6 is 15.9 Å². The lowest BCUT2D eigenvalue weighted by atomic mass is 9.74. The molecule has 1 aliphatic carbocycles. The van der Waals surface area contributed by atoms with E-state index in [1.165, 1.54) is 6.42 Å². The highest BCUT2D eigenvalue weighted by molar-refractivity contribution is 9.10. The molecule has 2 aliphatic rings. The van der Waals surface area contributed by atoms with Crippen LogP contribution in [0, 0.1) is 0 Å². The van der Waals surface area contributed by atoms with Crippen LogP contribution in [-0.2, 0) is 4.74 Å². The maximum absolute atomic E-state index is 11.1. The van der Waals surface area contributed by atoms with Gasteiger partial charge in [0, 0.05) is 17.3 Å².